The number of carbonyl (C=O) groups excluding carboxylic acids is 4. The van der Waals surface area contributed by atoms with Crippen molar-refractivity contribution in [3.63, 3.8) is 0 Å². The van der Waals surface area contributed by atoms with E-state index in [1.54, 1.807) is 0 Å². The highest BCUT2D eigenvalue weighted by Crippen LogP contribution is 2.38. The molecule has 0 atom stereocenters. The second-order valence-corrected chi connectivity index (χ2v) is 13.3. The second kappa shape index (κ2) is 18.0. The van der Waals surface area contributed by atoms with Crippen molar-refractivity contribution in [2.24, 2.45) is 11.8 Å². The Balaban J connectivity index is 1.08. The lowest BCUT2D eigenvalue weighted by Gasteiger charge is -2.28. The Hall–Kier alpha value is -3.28. The number of Topliss-reactive ketones (excluding diaryl/α,β-unsaturated/α-hetero) is 2. The Kier molecular flexibility index (Phi) is 13.8. The van der Waals surface area contributed by atoms with Gasteiger partial charge < -0.3 is 9.47 Å². The maximum Gasteiger partial charge on any atom is 0.306 e. The molecule has 0 aromatic heterocycles. The minimum Gasteiger partial charge on any atom is -0.457 e. The molecule has 0 amide bonds. The van der Waals surface area contributed by atoms with E-state index in [-0.39, 0.29) is 44.0 Å². The highest BCUT2D eigenvalue weighted by Gasteiger charge is 2.23. The van der Waals surface area contributed by atoms with Crippen LogP contribution in [0.2, 0.25) is 0 Å². The molecule has 2 saturated carbocycles. The first kappa shape index (κ1) is 34.6. The van der Waals surface area contributed by atoms with Gasteiger partial charge in [-0.15, -0.1) is 0 Å². The van der Waals surface area contributed by atoms with Crippen LogP contribution >= 0.6 is 0 Å². The van der Waals surface area contributed by atoms with Crippen molar-refractivity contribution in [2.45, 2.75) is 122 Å². The van der Waals surface area contributed by atoms with Crippen molar-refractivity contribution in [2.75, 3.05) is 13.2 Å². The fourth-order valence-electron chi connectivity index (χ4n) is 7.25. The molecule has 244 valence electrons. The molecule has 4 rings (SSSR count). The number of hydrogen-bond acceptors (Lipinski definition) is 6. The third-order valence-electron chi connectivity index (χ3n) is 9.99. The average molecular weight is 617 g/mol. The maximum atomic E-state index is 12.5. The summed E-state index contributed by atoms with van der Waals surface area (Å²) in [7, 11) is 0. The average Bonchev–Trinajstić information content (AvgIpc) is 3.07. The molecule has 2 fully saturated rings. The van der Waals surface area contributed by atoms with Crippen LogP contribution in [-0.4, -0.2) is 36.7 Å². The van der Waals surface area contributed by atoms with Crippen LogP contribution in [0.4, 0.5) is 0 Å². The standard InChI is InChI=1S/C39H52O6/c1-3-6-28-10-14-30(15-11-28)32-18-22-34(23-19-32)36(40)26-44-38(42)8-5-9-39(43)45-27-37(41)35-24-20-33(21-25-35)31-16-12-29(7-4-2)13-17-31/h18-25,28-31H,3-17,26-27H2,1-2H3. The Bertz CT molecular complexity index is 1130. The van der Waals surface area contributed by atoms with Crippen LogP contribution in [0.25, 0.3) is 0 Å². The first-order valence-corrected chi connectivity index (χ1v) is 17.4. The monoisotopic (exact) mass is 616 g/mol. The van der Waals surface area contributed by atoms with Gasteiger partial charge in [-0.2, -0.15) is 0 Å². The Labute approximate surface area is 269 Å². The summed E-state index contributed by atoms with van der Waals surface area (Å²) < 4.78 is 10.3. The zero-order valence-electron chi connectivity index (χ0n) is 27.4. The quantitative estimate of drug-likeness (QED) is 0.138. The van der Waals surface area contributed by atoms with Crippen LogP contribution in [0.1, 0.15) is 154 Å². The maximum absolute atomic E-state index is 12.5. The first-order valence-electron chi connectivity index (χ1n) is 17.4. The van der Waals surface area contributed by atoms with E-state index in [0.717, 1.165) is 11.8 Å². The van der Waals surface area contributed by atoms with Gasteiger partial charge in [0, 0.05) is 24.0 Å². The molecule has 0 unspecified atom stereocenters. The van der Waals surface area contributed by atoms with Crippen molar-refractivity contribution in [3.05, 3.63) is 70.8 Å². The molecule has 45 heavy (non-hydrogen) atoms. The molecule has 6 nitrogen and oxygen atoms in total. The molecule has 0 bridgehead atoms. The summed E-state index contributed by atoms with van der Waals surface area (Å²) in [6, 6.07) is 15.4. The van der Waals surface area contributed by atoms with E-state index >= 15 is 0 Å². The highest BCUT2D eigenvalue weighted by molar-refractivity contribution is 5.98. The fourth-order valence-corrected chi connectivity index (χ4v) is 7.25. The van der Waals surface area contributed by atoms with Gasteiger partial charge in [0.2, 0.25) is 0 Å². The normalized spacial score (nSPS) is 21.6. The number of rotatable bonds is 16. The Morgan fingerprint density at radius 2 is 0.911 bits per heavy atom. The van der Waals surface area contributed by atoms with Crippen molar-refractivity contribution in [1.82, 2.24) is 0 Å². The van der Waals surface area contributed by atoms with Gasteiger partial charge in [-0.1, -0.05) is 88.1 Å². The largest absolute Gasteiger partial charge is 0.457 e. The van der Waals surface area contributed by atoms with Gasteiger partial charge in [0.15, 0.2) is 24.8 Å². The van der Waals surface area contributed by atoms with Crippen molar-refractivity contribution < 1.29 is 28.7 Å². The zero-order valence-corrected chi connectivity index (χ0v) is 27.4. The van der Waals surface area contributed by atoms with E-state index in [1.165, 1.54) is 88.2 Å². The summed E-state index contributed by atoms with van der Waals surface area (Å²) >= 11 is 0. The molecule has 2 aliphatic rings. The number of benzene rings is 2. The van der Waals surface area contributed by atoms with Gasteiger partial charge in [0.1, 0.15) is 0 Å². The van der Waals surface area contributed by atoms with E-state index in [4.69, 9.17) is 9.47 Å². The number of carbonyl (C=O) groups is 4. The lowest BCUT2D eigenvalue weighted by atomic mass is 9.77. The van der Waals surface area contributed by atoms with Gasteiger partial charge in [-0.05, 0) is 92.6 Å². The first-order chi connectivity index (χ1) is 21.9. The molecule has 0 saturated heterocycles. The van der Waals surface area contributed by atoms with Crippen molar-refractivity contribution >= 4 is 23.5 Å². The van der Waals surface area contributed by atoms with Gasteiger partial charge in [0.25, 0.3) is 0 Å². The van der Waals surface area contributed by atoms with Crippen LogP contribution in [0.15, 0.2) is 48.5 Å². The molecular formula is C39H52O6. The van der Waals surface area contributed by atoms with E-state index in [9.17, 15) is 19.2 Å². The summed E-state index contributed by atoms with van der Waals surface area (Å²) in [4.78, 5) is 49.4. The van der Waals surface area contributed by atoms with Gasteiger partial charge in [-0.25, -0.2) is 0 Å². The molecule has 2 aromatic carbocycles. The van der Waals surface area contributed by atoms with Crippen LogP contribution in [0.3, 0.4) is 0 Å². The molecule has 0 N–H and O–H groups in total. The molecule has 0 aliphatic heterocycles. The predicted molar refractivity (Wildman–Crippen MR) is 177 cm³/mol. The molecular weight excluding hydrogens is 564 g/mol. The molecule has 0 heterocycles. The third-order valence-corrected chi connectivity index (χ3v) is 9.99. The molecule has 0 spiro atoms. The van der Waals surface area contributed by atoms with Crippen molar-refractivity contribution in [1.29, 1.82) is 0 Å². The number of ketones is 2. The molecule has 0 radical (unpaired) electrons. The van der Waals surface area contributed by atoms with E-state index in [1.807, 2.05) is 48.5 Å². The highest BCUT2D eigenvalue weighted by atomic mass is 16.5. The number of ether oxygens (including phenoxy) is 2. The SMILES string of the molecule is CCCC1CCC(c2ccc(C(=O)COC(=O)CCCC(=O)OCC(=O)c3ccc(C4CCC(CCC)CC4)cc3)cc2)CC1. The smallest absolute Gasteiger partial charge is 0.306 e. The van der Waals surface area contributed by atoms with E-state index < -0.39 is 11.9 Å². The van der Waals surface area contributed by atoms with Gasteiger partial charge in [-0.3, -0.25) is 19.2 Å². The minimum atomic E-state index is -0.536. The summed E-state index contributed by atoms with van der Waals surface area (Å²) in [5.41, 5.74) is 3.62. The van der Waals surface area contributed by atoms with Crippen LogP contribution in [0.5, 0.6) is 0 Å². The Morgan fingerprint density at radius 3 is 1.24 bits per heavy atom. The summed E-state index contributed by atoms with van der Waals surface area (Å²) in [5, 5.41) is 0. The van der Waals surface area contributed by atoms with Crippen LogP contribution < -0.4 is 0 Å². The lowest BCUT2D eigenvalue weighted by molar-refractivity contribution is -0.144. The lowest BCUT2D eigenvalue weighted by Crippen LogP contribution is -2.16. The third kappa shape index (κ3) is 10.9. The second-order valence-electron chi connectivity index (χ2n) is 13.3. The molecule has 2 aromatic rings. The van der Waals surface area contributed by atoms with Crippen LogP contribution in [-0.2, 0) is 19.1 Å². The number of esters is 2. The van der Waals surface area contributed by atoms with E-state index in [2.05, 4.69) is 13.8 Å². The van der Waals surface area contributed by atoms with Crippen LogP contribution in [0, 0.1) is 11.8 Å². The predicted octanol–water partition coefficient (Wildman–Crippen LogP) is 9.16. The fraction of sp³-hybridized carbons (Fsp3) is 0.590. The summed E-state index contributed by atoms with van der Waals surface area (Å²) in [5.74, 6) is 1.27. The number of hydrogen-bond donors (Lipinski definition) is 0. The summed E-state index contributed by atoms with van der Waals surface area (Å²) in [6.07, 6.45) is 15.3. The zero-order chi connectivity index (χ0) is 32.0. The molecule has 2 aliphatic carbocycles. The molecule has 6 heteroatoms. The van der Waals surface area contributed by atoms with Crippen molar-refractivity contribution in [3.8, 4) is 0 Å². The summed E-state index contributed by atoms with van der Waals surface area (Å²) in [6.45, 7) is 3.86. The minimum absolute atomic E-state index is 0.00219. The van der Waals surface area contributed by atoms with Gasteiger partial charge >= 0.3 is 11.9 Å². The van der Waals surface area contributed by atoms with Gasteiger partial charge in [0.05, 0.1) is 0 Å². The Morgan fingerprint density at radius 1 is 0.556 bits per heavy atom. The van der Waals surface area contributed by atoms with E-state index in [0.29, 0.717) is 23.0 Å². The topological polar surface area (TPSA) is 86.7 Å².